The molecule has 0 saturated carbocycles. The number of carbonyl (C=O) groups is 1. The Balaban J connectivity index is 2.82. The summed E-state index contributed by atoms with van der Waals surface area (Å²) in [5, 5.41) is 0. The second-order valence-electron chi connectivity index (χ2n) is 7.15. The zero-order valence-corrected chi connectivity index (χ0v) is 19.5. The molecule has 0 amide bonds. The molecule has 1 aromatic carbocycles. The van der Waals surface area contributed by atoms with Gasteiger partial charge < -0.3 is 9.64 Å². The van der Waals surface area contributed by atoms with E-state index < -0.39 is 15.6 Å². The number of sulfone groups is 1. The van der Waals surface area contributed by atoms with Crippen LogP contribution in [0, 0.1) is 0 Å². The zero-order valence-electron chi connectivity index (χ0n) is 18.7. The van der Waals surface area contributed by atoms with Gasteiger partial charge >= 0.3 is 0 Å². The van der Waals surface area contributed by atoms with E-state index in [0.717, 1.165) is 32.4 Å². The summed E-state index contributed by atoms with van der Waals surface area (Å²) in [6, 6.07) is 8.04. The summed E-state index contributed by atoms with van der Waals surface area (Å²) in [5.41, 5.74) is 0. The van der Waals surface area contributed by atoms with Crippen LogP contribution in [-0.2, 0) is 19.4 Å². The van der Waals surface area contributed by atoms with Gasteiger partial charge in [0.05, 0.1) is 4.90 Å². The van der Waals surface area contributed by atoms with Crippen molar-refractivity contribution in [2.75, 3.05) is 26.3 Å². The topological polar surface area (TPSA) is 63.7 Å². The maximum absolute atomic E-state index is 13.0. The Hall–Kier alpha value is -1.92. The number of ether oxygens (including phenoxy) is 1. The van der Waals surface area contributed by atoms with Gasteiger partial charge in [-0.25, -0.2) is 8.42 Å². The lowest BCUT2D eigenvalue weighted by Crippen LogP contribution is -2.19. The Morgan fingerprint density at radius 1 is 0.967 bits per heavy atom. The number of unbranched alkanes of at least 4 members (excludes halogenated alkanes) is 5. The van der Waals surface area contributed by atoms with E-state index in [1.165, 1.54) is 37.5 Å². The molecule has 6 heteroatoms. The first-order chi connectivity index (χ1) is 14.5. The minimum Gasteiger partial charge on any atom is -0.378 e. The first-order valence-electron chi connectivity index (χ1n) is 11.0. The number of benzene rings is 1. The van der Waals surface area contributed by atoms with Gasteiger partial charge in [-0.3, -0.25) is 4.79 Å². The molecular formula is C24H37NO4S. The van der Waals surface area contributed by atoms with Gasteiger partial charge in [0.25, 0.3) is 0 Å². The Kier molecular flexibility index (Phi) is 13.0. The van der Waals surface area contributed by atoms with Crippen molar-refractivity contribution in [2.45, 2.75) is 64.2 Å². The highest BCUT2D eigenvalue weighted by Gasteiger charge is 2.26. The smallest absolute Gasteiger partial charge is 0.210 e. The third kappa shape index (κ3) is 9.26. The van der Waals surface area contributed by atoms with Gasteiger partial charge in [-0.2, -0.15) is 0 Å². The first-order valence-corrected chi connectivity index (χ1v) is 12.5. The Morgan fingerprint density at radius 3 is 2.23 bits per heavy atom. The minimum absolute atomic E-state index is 0.108. The van der Waals surface area contributed by atoms with Crippen LogP contribution in [0.2, 0.25) is 0 Å². The first kappa shape index (κ1) is 26.1. The molecule has 5 nitrogen and oxygen atoms in total. The highest BCUT2D eigenvalue weighted by molar-refractivity contribution is 7.96. The normalized spacial score (nSPS) is 12.4. The largest absolute Gasteiger partial charge is 0.378 e. The van der Waals surface area contributed by atoms with Crippen LogP contribution in [0.15, 0.2) is 58.5 Å². The van der Waals surface area contributed by atoms with Crippen LogP contribution in [0.3, 0.4) is 0 Å². The van der Waals surface area contributed by atoms with Crippen molar-refractivity contribution in [3.8, 4) is 0 Å². The van der Waals surface area contributed by atoms with E-state index in [1.54, 1.807) is 30.5 Å². The number of rotatable bonds is 16. The molecule has 30 heavy (non-hydrogen) atoms. The summed E-state index contributed by atoms with van der Waals surface area (Å²) < 4.78 is 31.6. The number of hydrogen-bond acceptors (Lipinski definition) is 5. The van der Waals surface area contributed by atoms with E-state index in [-0.39, 0.29) is 16.4 Å². The molecule has 0 saturated heterocycles. The average molecular weight is 436 g/mol. The predicted octanol–water partition coefficient (Wildman–Crippen LogP) is 5.15. The molecule has 1 rings (SSSR count). The Morgan fingerprint density at radius 2 is 1.60 bits per heavy atom. The molecule has 0 aromatic heterocycles. The number of hydrogen-bond donors (Lipinski definition) is 0. The van der Waals surface area contributed by atoms with Crippen molar-refractivity contribution in [2.24, 2.45) is 0 Å². The van der Waals surface area contributed by atoms with Crippen molar-refractivity contribution in [3.05, 3.63) is 53.6 Å². The van der Waals surface area contributed by atoms with Crippen molar-refractivity contribution >= 4 is 15.6 Å². The van der Waals surface area contributed by atoms with Gasteiger partial charge in [0.15, 0.2) is 5.78 Å². The monoisotopic (exact) mass is 435 g/mol. The van der Waals surface area contributed by atoms with Crippen molar-refractivity contribution in [3.63, 3.8) is 0 Å². The molecule has 0 aliphatic heterocycles. The zero-order chi connectivity index (χ0) is 22.2. The van der Waals surface area contributed by atoms with Gasteiger partial charge in [0.2, 0.25) is 9.84 Å². The summed E-state index contributed by atoms with van der Waals surface area (Å²) in [5.74, 6) is -0.519. The SMILES string of the molecule is CCCCCCCCOCC(=O)/C(=C/C=C/N(CC)CC)S(=O)(=O)c1ccccc1. The molecule has 168 valence electrons. The van der Waals surface area contributed by atoms with Crippen LogP contribution in [0.4, 0.5) is 0 Å². The van der Waals surface area contributed by atoms with Gasteiger partial charge in [-0.05, 0) is 50.8 Å². The van der Waals surface area contributed by atoms with Crippen LogP contribution in [0.1, 0.15) is 59.3 Å². The minimum atomic E-state index is -3.91. The third-order valence-electron chi connectivity index (χ3n) is 4.85. The molecule has 0 N–H and O–H groups in total. The fraction of sp³-hybridized carbons (Fsp3) is 0.542. The highest BCUT2D eigenvalue weighted by atomic mass is 32.2. The van der Waals surface area contributed by atoms with E-state index in [0.29, 0.717) is 6.61 Å². The average Bonchev–Trinajstić information content (AvgIpc) is 2.76. The second kappa shape index (κ2) is 15.0. The summed E-state index contributed by atoms with van der Waals surface area (Å²) >= 11 is 0. The molecule has 0 fully saturated rings. The molecule has 0 heterocycles. The second-order valence-corrected chi connectivity index (χ2v) is 9.07. The van der Waals surface area contributed by atoms with Gasteiger partial charge in [-0.15, -0.1) is 0 Å². The standard InChI is InChI=1S/C24H37NO4S/c1-4-7-8-9-10-14-20-29-21-23(26)24(18-15-19-25(5-2)6-3)30(27,28)22-16-12-11-13-17-22/h11-13,15-19H,4-10,14,20-21H2,1-3H3/b19-15+,24-18-. The maximum Gasteiger partial charge on any atom is 0.210 e. The Labute approximate surface area is 182 Å². The predicted molar refractivity (Wildman–Crippen MR) is 123 cm³/mol. The van der Waals surface area contributed by atoms with Crippen LogP contribution in [0.25, 0.3) is 0 Å². The van der Waals surface area contributed by atoms with Crippen LogP contribution >= 0.6 is 0 Å². The molecule has 0 aliphatic rings. The lowest BCUT2D eigenvalue weighted by atomic mass is 10.1. The summed E-state index contributed by atoms with van der Waals surface area (Å²) in [6.07, 6.45) is 11.6. The lowest BCUT2D eigenvalue weighted by Gasteiger charge is -2.14. The molecule has 0 atom stereocenters. The number of allylic oxidation sites excluding steroid dienone is 2. The molecule has 0 bridgehead atoms. The quantitative estimate of drug-likeness (QED) is 0.204. The maximum atomic E-state index is 13.0. The van der Waals surface area contributed by atoms with Gasteiger partial charge in [0.1, 0.15) is 11.5 Å². The fourth-order valence-corrected chi connectivity index (χ4v) is 4.35. The molecular weight excluding hydrogens is 398 g/mol. The van der Waals surface area contributed by atoms with Crippen molar-refractivity contribution < 1.29 is 17.9 Å². The lowest BCUT2D eigenvalue weighted by molar-refractivity contribution is -0.119. The number of ketones is 1. The highest BCUT2D eigenvalue weighted by Crippen LogP contribution is 2.20. The molecule has 0 radical (unpaired) electrons. The van der Waals surface area contributed by atoms with E-state index in [9.17, 15) is 13.2 Å². The molecule has 0 aliphatic carbocycles. The Bertz CT molecular complexity index is 766. The van der Waals surface area contributed by atoms with Crippen molar-refractivity contribution in [1.82, 2.24) is 4.90 Å². The molecule has 0 spiro atoms. The van der Waals surface area contributed by atoms with Crippen LogP contribution in [-0.4, -0.2) is 45.4 Å². The van der Waals surface area contributed by atoms with Crippen LogP contribution in [0.5, 0.6) is 0 Å². The number of nitrogens with zero attached hydrogens (tertiary/aromatic N) is 1. The van der Waals surface area contributed by atoms with E-state index in [4.69, 9.17) is 4.74 Å². The summed E-state index contributed by atoms with van der Waals surface area (Å²) in [7, 11) is -3.91. The van der Waals surface area contributed by atoms with E-state index in [1.807, 2.05) is 18.7 Å². The number of Topliss-reactive ketones (excluding diaryl/α,β-unsaturated/α-hetero) is 1. The molecule has 0 unspecified atom stereocenters. The van der Waals surface area contributed by atoms with Crippen LogP contribution < -0.4 is 0 Å². The van der Waals surface area contributed by atoms with Gasteiger partial charge in [0, 0.05) is 19.7 Å². The number of carbonyl (C=O) groups excluding carboxylic acids is 1. The molecule has 1 aromatic rings. The third-order valence-corrected chi connectivity index (χ3v) is 6.69. The fourth-order valence-electron chi connectivity index (χ4n) is 2.97. The summed E-state index contributed by atoms with van der Waals surface area (Å²) in [4.78, 5) is 14.6. The van der Waals surface area contributed by atoms with E-state index >= 15 is 0 Å². The van der Waals surface area contributed by atoms with Gasteiger partial charge in [-0.1, -0.05) is 57.2 Å². The van der Waals surface area contributed by atoms with E-state index in [2.05, 4.69) is 6.92 Å². The summed E-state index contributed by atoms with van der Waals surface area (Å²) in [6.45, 7) is 8.05. The van der Waals surface area contributed by atoms with Crippen molar-refractivity contribution in [1.29, 1.82) is 0 Å².